The summed E-state index contributed by atoms with van der Waals surface area (Å²) in [6.07, 6.45) is 0. The van der Waals surface area contributed by atoms with Crippen molar-refractivity contribution in [3.63, 3.8) is 0 Å². The topological polar surface area (TPSA) is 45.5 Å². The van der Waals surface area contributed by atoms with Crippen LogP contribution in [0.1, 0.15) is 0 Å². The summed E-state index contributed by atoms with van der Waals surface area (Å²) in [6.45, 7) is 0. The van der Waals surface area contributed by atoms with Crippen LogP contribution < -0.4 is 0 Å². The second-order valence-corrected chi connectivity index (χ2v) is 27.6. The fourth-order valence-corrected chi connectivity index (χ4v) is 18.6. The quantitative estimate of drug-likeness (QED) is 0.167. The first-order valence-corrected chi connectivity index (χ1v) is 34.3. The first-order chi connectivity index (χ1) is 47.6. The number of hydrogen-bond donors (Lipinski definition) is 0. The molecule has 6 nitrogen and oxygen atoms in total. The largest absolute Gasteiger partial charge is 0.309 e. The lowest BCUT2D eigenvalue weighted by Gasteiger charge is -2.14. The van der Waals surface area contributed by atoms with E-state index in [9.17, 15) is 0 Å². The Balaban J connectivity index is 0.692. The minimum atomic E-state index is 0.969. The maximum atomic E-state index is 5.60. The van der Waals surface area contributed by atoms with E-state index < -0.39 is 0 Å². The van der Waals surface area contributed by atoms with Crippen LogP contribution in [0.3, 0.4) is 0 Å². The van der Waals surface area contributed by atoms with Gasteiger partial charge in [0.1, 0.15) is 0 Å². The third-order valence-corrected chi connectivity index (χ3v) is 22.8. The first-order valence-electron chi connectivity index (χ1n) is 32.7. The van der Waals surface area contributed by atoms with Gasteiger partial charge in [0.2, 0.25) is 0 Å². The monoisotopic (exact) mass is 1250 g/mol. The summed E-state index contributed by atoms with van der Waals surface area (Å²) in [5.41, 5.74) is 22.7. The lowest BCUT2D eigenvalue weighted by Crippen LogP contribution is -1.98. The Morgan fingerprint density at radius 2 is 0.656 bits per heavy atom. The number of pyridine rings is 2. The molecule has 0 radical (unpaired) electrons. The third kappa shape index (κ3) is 7.28. The Kier molecular flexibility index (Phi) is 10.7. The fraction of sp³-hybridized carbons (Fsp3) is 0. The fourth-order valence-electron chi connectivity index (χ4n) is 16.3. The van der Waals surface area contributed by atoms with Crippen molar-refractivity contribution in [2.45, 2.75) is 0 Å². The molecule has 22 aromatic rings. The second kappa shape index (κ2) is 19.7. The van der Waals surface area contributed by atoms with E-state index >= 15 is 0 Å². The molecule has 0 atom stereocenters. The average Bonchev–Trinajstić information content (AvgIpc) is 1.56. The van der Waals surface area contributed by atoms with Crippen LogP contribution >= 0.6 is 22.7 Å². The van der Waals surface area contributed by atoms with Gasteiger partial charge in [-0.15, -0.1) is 22.7 Å². The summed E-state index contributed by atoms with van der Waals surface area (Å²) < 4.78 is 14.7. The summed E-state index contributed by atoms with van der Waals surface area (Å²) in [5.74, 6) is 0. The Morgan fingerprint density at radius 3 is 1.34 bits per heavy atom. The van der Waals surface area contributed by atoms with E-state index in [1.165, 1.54) is 118 Å². The van der Waals surface area contributed by atoms with E-state index in [2.05, 4.69) is 322 Å². The Hall–Kier alpha value is -12.2. The Morgan fingerprint density at radius 1 is 0.229 bits per heavy atom. The highest BCUT2D eigenvalue weighted by Crippen LogP contribution is 2.48. The molecule has 0 aliphatic rings. The van der Waals surface area contributed by atoms with Gasteiger partial charge in [-0.2, -0.15) is 0 Å². The predicted molar refractivity (Wildman–Crippen MR) is 409 cm³/mol. The predicted octanol–water partition coefficient (Wildman–Crippen LogP) is 24.4. The molecule has 0 saturated carbocycles. The van der Waals surface area contributed by atoms with Gasteiger partial charge in [-0.1, -0.05) is 194 Å². The number of nitrogens with zero attached hydrogens (tertiary/aromatic N) is 6. The van der Waals surface area contributed by atoms with Crippen LogP contribution in [-0.2, 0) is 0 Å². The van der Waals surface area contributed by atoms with E-state index in [-0.39, 0.29) is 0 Å². The highest BCUT2D eigenvalue weighted by atomic mass is 32.1. The van der Waals surface area contributed by atoms with Crippen molar-refractivity contribution in [1.29, 1.82) is 0 Å². The normalized spacial score (nSPS) is 12.4. The number of rotatable bonds is 6. The molecule has 0 fully saturated rings. The van der Waals surface area contributed by atoms with Gasteiger partial charge in [0.15, 0.2) is 0 Å². The van der Waals surface area contributed by atoms with Gasteiger partial charge in [0.25, 0.3) is 0 Å². The maximum Gasteiger partial charge on any atom is 0.0917 e. The molecule has 0 saturated heterocycles. The molecule has 22 rings (SSSR count). The molecule has 8 heterocycles. The van der Waals surface area contributed by atoms with Gasteiger partial charge < -0.3 is 18.3 Å². The summed E-state index contributed by atoms with van der Waals surface area (Å²) >= 11 is 3.67. The van der Waals surface area contributed by atoms with Crippen LogP contribution in [0.5, 0.6) is 0 Å². The zero-order valence-electron chi connectivity index (χ0n) is 51.4. The Bertz CT molecular complexity index is 7150. The Labute approximate surface area is 555 Å². The van der Waals surface area contributed by atoms with E-state index in [1.807, 2.05) is 22.7 Å². The number of para-hydroxylation sites is 6. The lowest BCUT2D eigenvalue weighted by atomic mass is 10.00. The van der Waals surface area contributed by atoms with Crippen LogP contribution in [0.15, 0.2) is 303 Å². The van der Waals surface area contributed by atoms with Crippen molar-refractivity contribution < 1.29 is 0 Å². The van der Waals surface area contributed by atoms with E-state index in [1.54, 1.807) is 0 Å². The van der Waals surface area contributed by atoms with Crippen LogP contribution in [0, 0.1) is 0 Å². The smallest absolute Gasteiger partial charge is 0.0917 e. The number of benzene rings is 14. The molecule has 14 aromatic carbocycles. The van der Waals surface area contributed by atoms with Crippen molar-refractivity contribution in [1.82, 2.24) is 28.2 Å². The second-order valence-electron chi connectivity index (χ2n) is 25.5. The number of aromatic nitrogens is 6. The van der Waals surface area contributed by atoms with Gasteiger partial charge in [-0.3, -0.25) is 0 Å². The number of hydrogen-bond acceptors (Lipinski definition) is 4. The van der Waals surface area contributed by atoms with Crippen LogP contribution in [-0.4, -0.2) is 28.2 Å². The molecule has 96 heavy (non-hydrogen) atoms. The van der Waals surface area contributed by atoms with Gasteiger partial charge in [-0.25, -0.2) is 9.97 Å². The van der Waals surface area contributed by atoms with Crippen molar-refractivity contribution in [3.8, 4) is 45.0 Å². The van der Waals surface area contributed by atoms with Crippen LogP contribution in [0.2, 0.25) is 0 Å². The van der Waals surface area contributed by atoms with E-state index in [4.69, 9.17) is 9.97 Å². The third-order valence-electron chi connectivity index (χ3n) is 20.5. The minimum absolute atomic E-state index is 0.969. The molecule has 8 heteroatoms. The molecule has 0 aliphatic heterocycles. The minimum Gasteiger partial charge on any atom is -0.309 e. The van der Waals surface area contributed by atoms with Crippen LogP contribution in [0.4, 0.5) is 0 Å². The number of thiophene rings is 2. The van der Waals surface area contributed by atoms with Crippen molar-refractivity contribution >= 4 is 183 Å². The molecule has 0 aliphatic carbocycles. The van der Waals surface area contributed by atoms with Crippen molar-refractivity contribution in [2.75, 3.05) is 0 Å². The molecule has 0 bridgehead atoms. The zero-order chi connectivity index (χ0) is 62.4. The van der Waals surface area contributed by atoms with Gasteiger partial charge >= 0.3 is 0 Å². The summed E-state index contributed by atoms with van der Waals surface area (Å²) in [6, 6.07) is 112. The van der Waals surface area contributed by atoms with Gasteiger partial charge in [-0.05, 0) is 137 Å². The van der Waals surface area contributed by atoms with Crippen LogP contribution in [0.25, 0.3) is 205 Å². The molecule has 0 unspecified atom stereocenters. The maximum absolute atomic E-state index is 5.60. The molecular weight excluding hydrogens is 1210 g/mol. The average molecular weight is 1260 g/mol. The number of fused-ring (bicyclic) bond motifs is 22. The molecular formula is C88H50N6S2. The zero-order valence-corrected chi connectivity index (χ0v) is 53.0. The summed E-state index contributed by atoms with van der Waals surface area (Å²) in [7, 11) is 0. The van der Waals surface area contributed by atoms with Crippen molar-refractivity contribution in [2.24, 2.45) is 0 Å². The summed E-state index contributed by atoms with van der Waals surface area (Å²) in [5, 5.41) is 16.8. The SMILES string of the molecule is c1ccc(-n2c3ccc(-c4ccc5c6ccccc6n(-c6c7ccccc7nc7c6sc6ccc(-c8ccc9c(c8)c8ccccc8n9-c8ccc9c(c8)c8ccccc8n9-c8c9ccccc9nc9c8sc8ccccc89)cc67)c5c4)cc3c3ccc4ccccc4c32)cc1. The van der Waals surface area contributed by atoms with Crippen molar-refractivity contribution in [3.05, 3.63) is 303 Å². The highest BCUT2D eigenvalue weighted by Gasteiger charge is 2.26. The highest BCUT2D eigenvalue weighted by molar-refractivity contribution is 7.26. The first kappa shape index (κ1) is 52.3. The van der Waals surface area contributed by atoms with Gasteiger partial charge in [0.05, 0.1) is 87.0 Å². The lowest BCUT2D eigenvalue weighted by molar-refractivity contribution is 1.18. The van der Waals surface area contributed by atoms with E-state index in [0.29, 0.717) is 0 Å². The standard InChI is InChI=1S/C88H50N6S2/c1-2-19-56(20-3-1)92-77-43-37-53(47-68(77)63-41-34-51-18-4-5-21-58(51)84(63)92)55-35-40-62-59-22-8-15-31-74(59)94(79(62)49-55)86-65-26-7-13-29-72(65)90-83-70-48-54(38-45-81(70)96-88(83)86)52-36-42-76-67(46-52)60-23-9-14-30-73(60)91(76)57-39-44-78-69(50-57)61-24-10-16-32-75(61)93(78)85-64-25-6-12-28-71(64)89-82-66-27-11-17-33-80(66)95-87(82)85/h1-50H. The van der Waals surface area contributed by atoms with Gasteiger partial charge in [0, 0.05) is 90.8 Å². The summed E-state index contributed by atoms with van der Waals surface area (Å²) in [4.78, 5) is 10.9. The molecule has 0 N–H and O–H groups in total. The molecule has 0 amide bonds. The van der Waals surface area contributed by atoms with E-state index in [0.717, 1.165) is 87.7 Å². The molecule has 444 valence electrons. The molecule has 8 aromatic heterocycles. The molecule has 0 spiro atoms.